The van der Waals surface area contributed by atoms with Crippen molar-refractivity contribution in [2.75, 3.05) is 18.4 Å². The first kappa shape index (κ1) is 15.2. The molecule has 1 saturated heterocycles. The van der Waals surface area contributed by atoms with Crippen LogP contribution in [-0.2, 0) is 6.54 Å². The molecule has 0 aromatic carbocycles. The van der Waals surface area contributed by atoms with Crippen molar-refractivity contribution in [3.63, 3.8) is 0 Å². The second kappa shape index (κ2) is 6.62. The Labute approximate surface area is 134 Å². The highest BCUT2D eigenvalue weighted by Gasteiger charge is 2.22. The van der Waals surface area contributed by atoms with Crippen LogP contribution >= 0.6 is 11.3 Å². The molecule has 0 unspecified atom stereocenters. The van der Waals surface area contributed by atoms with E-state index in [9.17, 15) is 4.79 Å². The highest BCUT2D eigenvalue weighted by atomic mass is 32.1. The normalized spacial score (nSPS) is 22.6. The van der Waals surface area contributed by atoms with Crippen LogP contribution in [0.2, 0.25) is 0 Å². The average molecular weight is 319 g/mol. The predicted octanol–water partition coefficient (Wildman–Crippen LogP) is 3.47. The molecular formula is C16H21N3O2S. The Morgan fingerprint density at radius 3 is 2.91 bits per heavy atom. The van der Waals surface area contributed by atoms with Gasteiger partial charge in [-0.3, -0.25) is 15.0 Å². The first-order chi connectivity index (χ1) is 10.6. The first-order valence-electron chi connectivity index (χ1n) is 7.61. The van der Waals surface area contributed by atoms with Gasteiger partial charge >= 0.3 is 0 Å². The summed E-state index contributed by atoms with van der Waals surface area (Å²) in [6.45, 7) is 7.70. The Kier molecular flexibility index (Phi) is 4.59. The maximum Gasteiger partial charge on any atom is 0.293 e. The molecule has 1 amide bonds. The monoisotopic (exact) mass is 319 g/mol. The number of aromatic nitrogens is 1. The maximum absolute atomic E-state index is 11.9. The summed E-state index contributed by atoms with van der Waals surface area (Å²) in [7, 11) is 0. The van der Waals surface area contributed by atoms with E-state index >= 15 is 0 Å². The zero-order valence-corrected chi connectivity index (χ0v) is 13.7. The SMILES string of the molecule is C[C@@H]1C[C@H](C)CN(Cc2csc(NC(=O)c3ccco3)n2)C1. The number of anilines is 1. The van der Waals surface area contributed by atoms with E-state index in [0.29, 0.717) is 10.9 Å². The average Bonchev–Trinajstić information content (AvgIpc) is 3.09. The summed E-state index contributed by atoms with van der Waals surface area (Å²) >= 11 is 1.45. The molecule has 1 N–H and O–H groups in total. The van der Waals surface area contributed by atoms with Crippen LogP contribution in [0.25, 0.3) is 0 Å². The molecule has 2 aromatic heterocycles. The van der Waals surface area contributed by atoms with Gasteiger partial charge in [0.1, 0.15) is 0 Å². The van der Waals surface area contributed by atoms with Gasteiger partial charge in [-0.25, -0.2) is 4.98 Å². The number of nitrogens with zero attached hydrogens (tertiary/aromatic N) is 2. The fraction of sp³-hybridized carbons (Fsp3) is 0.500. The number of carbonyl (C=O) groups is 1. The third kappa shape index (κ3) is 3.75. The van der Waals surface area contributed by atoms with Gasteiger partial charge in [0.25, 0.3) is 5.91 Å². The van der Waals surface area contributed by atoms with Crippen molar-refractivity contribution in [2.24, 2.45) is 11.8 Å². The summed E-state index contributed by atoms with van der Waals surface area (Å²) < 4.78 is 5.08. The highest BCUT2D eigenvalue weighted by molar-refractivity contribution is 7.13. The standard InChI is InChI=1S/C16H21N3O2S/c1-11-6-12(2)8-19(7-11)9-13-10-22-16(17-13)18-15(20)14-4-3-5-21-14/h3-5,10-12H,6-9H2,1-2H3,(H,17,18,20)/t11-,12+. The number of amides is 1. The second-order valence-corrected chi connectivity index (χ2v) is 7.07. The van der Waals surface area contributed by atoms with Crippen LogP contribution < -0.4 is 5.32 Å². The first-order valence-corrected chi connectivity index (χ1v) is 8.49. The topological polar surface area (TPSA) is 58.4 Å². The molecule has 22 heavy (non-hydrogen) atoms. The lowest BCUT2D eigenvalue weighted by molar-refractivity contribution is 0.0996. The molecule has 5 nitrogen and oxygen atoms in total. The van der Waals surface area contributed by atoms with Crippen LogP contribution in [0.3, 0.4) is 0 Å². The smallest absolute Gasteiger partial charge is 0.293 e. The van der Waals surface area contributed by atoms with Gasteiger partial charge in [-0.1, -0.05) is 13.8 Å². The molecule has 0 bridgehead atoms. The molecule has 0 aliphatic carbocycles. The number of furan rings is 1. The maximum atomic E-state index is 11.9. The number of rotatable bonds is 4. The van der Waals surface area contributed by atoms with Crippen LogP contribution in [0.5, 0.6) is 0 Å². The Balaban J connectivity index is 1.58. The number of carbonyl (C=O) groups excluding carboxylic acids is 1. The minimum absolute atomic E-state index is 0.258. The van der Waals surface area contributed by atoms with E-state index in [4.69, 9.17) is 4.42 Å². The molecule has 1 fully saturated rings. The molecule has 6 heteroatoms. The van der Waals surface area contributed by atoms with Crippen LogP contribution in [0, 0.1) is 11.8 Å². The van der Waals surface area contributed by atoms with Crippen molar-refractivity contribution in [1.82, 2.24) is 9.88 Å². The zero-order chi connectivity index (χ0) is 15.5. The molecule has 118 valence electrons. The Morgan fingerprint density at radius 1 is 1.45 bits per heavy atom. The van der Waals surface area contributed by atoms with Gasteiger partial charge in [0.2, 0.25) is 0 Å². The lowest BCUT2D eigenvalue weighted by Gasteiger charge is -2.34. The summed E-state index contributed by atoms with van der Waals surface area (Å²) in [5.74, 6) is 1.52. The van der Waals surface area contributed by atoms with Gasteiger partial charge in [-0.2, -0.15) is 0 Å². The zero-order valence-electron chi connectivity index (χ0n) is 12.9. The van der Waals surface area contributed by atoms with Crippen molar-refractivity contribution in [1.29, 1.82) is 0 Å². The van der Waals surface area contributed by atoms with Gasteiger partial charge in [0, 0.05) is 25.0 Å². The molecule has 1 aliphatic heterocycles. The van der Waals surface area contributed by atoms with Gasteiger partial charge in [0.15, 0.2) is 10.9 Å². The van der Waals surface area contributed by atoms with Gasteiger partial charge in [0.05, 0.1) is 12.0 Å². The van der Waals surface area contributed by atoms with E-state index in [-0.39, 0.29) is 5.91 Å². The fourth-order valence-electron chi connectivity index (χ4n) is 3.15. The number of likely N-dealkylation sites (tertiary alicyclic amines) is 1. The van der Waals surface area contributed by atoms with E-state index in [1.807, 2.05) is 5.38 Å². The number of nitrogens with one attached hydrogen (secondary N) is 1. The molecule has 0 saturated carbocycles. The third-order valence-corrected chi connectivity index (χ3v) is 4.65. The summed E-state index contributed by atoms with van der Waals surface area (Å²) in [5, 5.41) is 5.41. The fourth-order valence-corrected chi connectivity index (χ4v) is 3.85. The van der Waals surface area contributed by atoms with Gasteiger partial charge in [-0.05, 0) is 30.4 Å². The molecule has 0 spiro atoms. The molecule has 2 aromatic rings. The molecule has 3 heterocycles. The number of thiazole rings is 1. The van der Waals surface area contributed by atoms with E-state index in [1.165, 1.54) is 24.0 Å². The number of piperidine rings is 1. The van der Waals surface area contributed by atoms with Crippen molar-refractivity contribution >= 4 is 22.4 Å². The highest BCUT2D eigenvalue weighted by Crippen LogP contribution is 2.24. The summed E-state index contributed by atoms with van der Waals surface area (Å²) in [4.78, 5) is 18.9. The molecular weight excluding hydrogens is 298 g/mol. The molecule has 3 rings (SSSR count). The summed E-state index contributed by atoms with van der Waals surface area (Å²) in [5.41, 5.74) is 1.01. The Bertz CT molecular complexity index is 613. The van der Waals surface area contributed by atoms with Crippen molar-refractivity contribution in [2.45, 2.75) is 26.8 Å². The lowest BCUT2D eigenvalue weighted by Crippen LogP contribution is -2.38. The second-order valence-electron chi connectivity index (χ2n) is 6.22. The van der Waals surface area contributed by atoms with Crippen LogP contribution in [0.1, 0.15) is 36.5 Å². The summed E-state index contributed by atoms with van der Waals surface area (Å²) in [6.07, 6.45) is 2.79. The molecule has 1 aliphatic rings. The minimum Gasteiger partial charge on any atom is -0.459 e. The van der Waals surface area contributed by atoms with E-state index in [0.717, 1.165) is 37.2 Å². The molecule has 0 radical (unpaired) electrons. The Morgan fingerprint density at radius 2 is 2.23 bits per heavy atom. The summed E-state index contributed by atoms with van der Waals surface area (Å²) in [6, 6.07) is 3.33. The van der Waals surface area contributed by atoms with E-state index in [1.54, 1.807) is 12.1 Å². The van der Waals surface area contributed by atoms with Crippen molar-refractivity contribution in [3.05, 3.63) is 35.2 Å². The minimum atomic E-state index is -0.258. The third-order valence-electron chi connectivity index (χ3n) is 3.85. The quantitative estimate of drug-likeness (QED) is 0.937. The largest absolute Gasteiger partial charge is 0.459 e. The van der Waals surface area contributed by atoms with Crippen LogP contribution in [-0.4, -0.2) is 28.9 Å². The predicted molar refractivity (Wildman–Crippen MR) is 87.0 cm³/mol. The van der Waals surface area contributed by atoms with Crippen molar-refractivity contribution < 1.29 is 9.21 Å². The lowest BCUT2D eigenvalue weighted by atomic mass is 9.92. The van der Waals surface area contributed by atoms with Crippen LogP contribution in [0.4, 0.5) is 5.13 Å². The van der Waals surface area contributed by atoms with Gasteiger partial charge in [-0.15, -0.1) is 11.3 Å². The number of hydrogen-bond acceptors (Lipinski definition) is 5. The Hall–Kier alpha value is -1.66. The van der Waals surface area contributed by atoms with E-state index in [2.05, 4.69) is 29.0 Å². The van der Waals surface area contributed by atoms with Crippen molar-refractivity contribution in [3.8, 4) is 0 Å². The van der Waals surface area contributed by atoms with Gasteiger partial charge < -0.3 is 4.42 Å². The van der Waals surface area contributed by atoms with E-state index < -0.39 is 0 Å². The van der Waals surface area contributed by atoms with Crippen LogP contribution in [0.15, 0.2) is 28.2 Å². The number of hydrogen-bond donors (Lipinski definition) is 1. The molecule has 2 atom stereocenters.